The van der Waals surface area contributed by atoms with Gasteiger partial charge in [0.05, 0.1) is 30.1 Å². The van der Waals surface area contributed by atoms with Gasteiger partial charge in [-0.2, -0.15) is 0 Å². The Morgan fingerprint density at radius 2 is 1.83 bits per heavy atom. The number of sulfonamides is 1. The van der Waals surface area contributed by atoms with Crippen molar-refractivity contribution in [1.29, 1.82) is 0 Å². The number of pyridine rings is 1. The van der Waals surface area contributed by atoms with E-state index in [0.29, 0.717) is 73.8 Å². The number of aryl methyl sites for hydroxylation is 1. The van der Waals surface area contributed by atoms with Gasteiger partial charge in [0.15, 0.2) is 0 Å². The van der Waals surface area contributed by atoms with Gasteiger partial charge < -0.3 is 29.9 Å². The normalized spacial score (nSPS) is 26.0. The number of ether oxygens (including phenoxy) is 2. The molecule has 0 radical (unpaired) electrons. The van der Waals surface area contributed by atoms with E-state index in [1.165, 1.54) is 16.2 Å². The van der Waals surface area contributed by atoms with Crippen LogP contribution < -0.4 is 24.8 Å². The fourth-order valence-corrected chi connectivity index (χ4v) is 10.8. The molecule has 3 aliphatic carbocycles. The molecule has 3 N–H and O–H groups in total. The molecule has 4 heterocycles. The van der Waals surface area contributed by atoms with Crippen LogP contribution >= 0.6 is 11.3 Å². The number of amides is 5. The van der Waals surface area contributed by atoms with E-state index in [9.17, 15) is 27.6 Å². The number of carbonyl (C=O) groups is 4. The highest BCUT2D eigenvalue weighted by molar-refractivity contribution is 7.91. The van der Waals surface area contributed by atoms with E-state index in [1.807, 2.05) is 51.1 Å². The minimum Gasteiger partial charge on any atom is -0.496 e. The third-order valence-electron chi connectivity index (χ3n) is 12.6. The Labute approximate surface area is 355 Å². The molecule has 0 bridgehead atoms. The number of methoxy groups -OCH3 is 1. The summed E-state index contributed by atoms with van der Waals surface area (Å²) in [4.78, 5) is 69.8. The standard InChI is InChI=1S/C43H55N7O8S2/c1-5-49(6-2)42(54)46-31-13-11-9-7-8-10-12-27-22-43(27,41(53)48-60(55,56)29-16-17-29)47-38(51)34-20-28(23-50(34)40(31)52)58-36-21-32(39-45-33(24-59-39)26-14-15-26)44-37-25(3)35(57-4)19-18-30(36)37/h10,12,18-19,21,24,26-29,31,34H,5-9,11,13-17,20,22-23H2,1-4H3,(H,46,54)(H,47,51)(H,48,53)/t27-,28-,31+,34+,43-/m1/s1. The zero-order valence-corrected chi connectivity index (χ0v) is 36.3. The van der Waals surface area contributed by atoms with Gasteiger partial charge in [0.2, 0.25) is 21.8 Å². The maximum absolute atomic E-state index is 14.8. The summed E-state index contributed by atoms with van der Waals surface area (Å²) in [7, 11) is -2.29. The van der Waals surface area contributed by atoms with E-state index in [-0.39, 0.29) is 25.4 Å². The number of benzene rings is 1. The Morgan fingerprint density at radius 1 is 1.05 bits per heavy atom. The van der Waals surface area contributed by atoms with Gasteiger partial charge in [-0.1, -0.05) is 25.0 Å². The third-order valence-corrected chi connectivity index (χ3v) is 15.3. The molecule has 322 valence electrons. The average Bonchev–Trinajstić information content (AvgIpc) is 4.18. The highest BCUT2D eigenvalue weighted by atomic mass is 32.2. The molecule has 3 aromatic rings. The van der Waals surface area contributed by atoms with Crippen molar-refractivity contribution in [3.63, 3.8) is 0 Å². The van der Waals surface area contributed by atoms with E-state index in [1.54, 1.807) is 12.0 Å². The van der Waals surface area contributed by atoms with E-state index >= 15 is 0 Å². The molecular formula is C43H55N7O8S2. The molecule has 3 saturated carbocycles. The van der Waals surface area contributed by atoms with Crippen molar-refractivity contribution in [3.05, 3.63) is 47.0 Å². The van der Waals surface area contributed by atoms with E-state index < -0.39 is 62.6 Å². The molecule has 0 unspecified atom stereocenters. The Bertz CT molecular complexity index is 2300. The minimum atomic E-state index is -3.90. The van der Waals surface area contributed by atoms with Crippen molar-refractivity contribution in [2.75, 3.05) is 26.7 Å². The Morgan fingerprint density at radius 3 is 2.55 bits per heavy atom. The first-order valence-electron chi connectivity index (χ1n) is 21.4. The number of hydrogen-bond donors (Lipinski definition) is 3. The number of fused-ring (bicyclic) bond motifs is 3. The number of hydrogen-bond acceptors (Lipinski definition) is 11. The topological polar surface area (TPSA) is 189 Å². The highest BCUT2D eigenvalue weighted by Gasteiger charge is 2.62. The van der Waals surface area contributed by atoms with Gasteiger partial charge >= 0.3 is 6.03 Å². The van der Waals surface area contributed by atoms with E-state index in [4.69, 9.17) is 19.4 Å². The van der Waals surface area contributed by atoms with Crippen LogP contribution in [0.25, 0.3) is 21.6 Å². The van der Waals surface area contributed by atoms with Crippen LogP contribution in [0.2, 0.25) is 0 Å². The second-order valence-corrected chi connectivity index (χ2v) is 19.6. The molecular weight excluding hydrogens is 807 g/mol. The van der Waals surface area contributed by atoms with Gasteiger partial charge in [-0.05, 0) is 84.3 Å². The molecule has 4 fully saturated rings. The van der Waals surface area contributed by atoms with Crippen LogP contribution in [0.5, 0.6) is 11.5 Å². The predicted molar refractivity (Wildman–Crippen MR) is 227 cm³/mol. The molecule has 1 aromatic carbocycles. The molecule has 15 nitrogen and oxygen atoms in total. The predicted octanol–water partition coefficient (Wildman–Crippen LogP) is 5.32. The fraction of sp³-hybridized carbons (Fsp3) is 0.581. The summed E-state index contributed by atoms with van der Waals surface area (Å²) in [5.41, 5.74) is 1.68. The number of nitrogens with one attached hydrogen (secondary N) is 3. The highest BCUT2D eigenvalue weighted by Crippen LogP contribution is 2.47. The molecule has 8 rings (SSSR count). The van der Waals surface area contributed by atoms with E-state index in [0.717, 1.165) is 47.3 Å². The summed E-state index contributed by atoms with van der Waals surface area (Å²) in [6.45, 7) is 6.61. The van der Waals surface area contributed by atoms with Crippen LogP contribution in [0.3, 0.4) is 0 Å². The van der Waals surface area contributed by atoms with Crippen LogP contribution in [0.1, 0.15) is 102 Å². The number of rotatable bonds is 11. The Balaban J connectivity index is 1.14. The quantitative estimate of drug-likeness (QED) is 0.213. The van der Waals surface area contributed by atoms with Crippen molar-refractivity contribution < 1.29 is 37.1 Å². The zero-order chi connectivity index (χ0) is 42.3. The van der Waals surface area contributed by atoms with Gasteiger partial charge in [-0.15, -0.1) is 11.3 Å². The fourth-order valence-electron chi connectivity index (χ4n) is 8.56. The summed E-state index contributed by atoms with van der Waals surface area (Å²) in [5.74, 6) is -0.576. The van der Waals surface area contributed by atoms with Crippen LogP contribution in [0.4, 0.5) is 4.79 Å². The minimum absolute atomic E-state index is 0.0184. The van der Waals surface area contributed by atoms with Gasteiger partial charge in [-0.3, -0.25) is 19.1 Å². The number of urea groups is 1. The van der Waals surface area contributed by atoms with Gasteiger partial charge in [0, 0.05) is 53.7 Å². The van der Waals surface area contributed by atoms with Crippen molar-refractivity contribution in [3.8, 4) is 22.2 Å². The van der Waals surface area contributed by atoms with Crippen LogP contribution in [-0.4, -0.2) is 108 Å². The molecule has 60 heavy (non-hydrogen) atoms. The van der Waals surface area contributed by atoms with Crippen molar-refractivity contribution in [2.45, 2.75) is 126 Å². The van der Waals surface area contributed by atoms with Crippen LogP contribution in [-0.2, 0) is 24.4 Å². The summed E-state index contributed by atoms with van der Waals surface area (Å²) in [6.07, 6.45) is 10.0. The number of thiazole rings is 1. The summed E-state index contributed by atoms with van der Waals surface area (Å²) in [5, 5.41) is 8.85. The Hall–Kier alpha value is -4.77. The maximum atomic E-state index is 14.8. The van der Waals surface area contributed by atoms with Crippen LogP contribution in [0.15, 0.2) is 35.7 Å². The molecule has 17 heteroatoms. The van der Waals surface area contributed by atoms with Gasteiger partial charge in [-0.25, -0.2) is 23.2 Å². The molecule has 0 spiro atoms. The maximum Gasteiger partial charge on any atom is 0.318 e. The first-order valence-corrected chi connectivity index (χ1v) is 23.8. The smallest absolute Gasteiger partial charge is 0.318 e. The third kappa shape index (κ3) is 8.56. The zero-order valence-electron chi connectivity index (χ0n) is 34.7. The second-order valence-electron chi connectivity index (χ2n) is 16.8. The largest absolute Gasteiger partial charge is 0.496 e. The lowest BCUT2D eigenvalue weighted by atomic mass is 10.0. The lowest BCUT2D eigenvalue weighted by molar-refractivity contribution is -0.141. The number of carbonyl (C=O) groups excluding carboxylic acids is 4. The molecule has 5 aliphatic rings. The lowest BCUT2D eigenvalue weighted by Gasteiger charge is -2.31. The van der Waals surface area contributed by atoms with Crippen LogP contribution in [0, 0.1) is 12.8 Å². The second kappa shape index (κ2) is 16.9. The summed E-state index contributed by atoms with van der Waals surface area (Å²) in [6, 6.07) is 3.22. The monoisotopic (exact) mass is 861 g/mol. The molecule has 5 amide bonds. The Kier molecular flexibility index (Phi) is 11.8. The molecule has 2 aromatic heterocycles. The SMILES string of the molecule is CCN(CC)C(=O)N[C@H]1CCCCCC=C[C@@H]2C[C@@]2(C(=O)NS(=O)(=O)C2CC2)NC(=O)[C@@H]2C[C@@H](Oc3cc(-c4nc(C5CC5)cs4)nc4c(C)c(OC)ccc34)CN2C1=O. The first kappa shape index (κ1) is 41.9. The van der Waals surface area contributed by atoms with Crippen molar-refractivity contribution in [2.24, 2.45) is 5.92 Å². The number of nitrogens with zero attached hydrogens (tertiary/aromatic N) is 4. The van der Waals surface area contributed by atoms with Crippen molar-refractivity contribution >= 4 is 56.0 Å². The summed E-state index contributed by atoms with van der Waals surface area (Å²) < 4.78 is 40.7. The van der Waals surface area contributed by atoms with Gasteiger partial charge in [0.1, 0.15) is 45.9 Å². The average molecular weight is 862 g/mol. The molecule has 1 saturated heterocycles. The number of aromatic nitrogens is 2. The lowest BCUT2D eigenvalue weighted by Crippen LogP contribution is -2.59. The molecule has 2 aliphatic heterocycles. The molecule has 5 atom stereocenters. The van der Waals surface area contributed by atoms with Gasteiger partial charge in [0.25, 0.3) is 5.91 Å². The van der Waals surface area contributed by atoms with E-state index in [2.05, 4.69) is 20.7 Å². The van der Waals surface area contributed by atoms with Crippen molar-refractivity contribution in [1.82, 2.24) is 35.1 Å². The first-order chi connectivity index (χ1) is 28.8. The summed E-state index contributed by atoms with van der Waals surface area (Å²) >= 11 is 1.52. The number of allylic oxidation sites excluding steroid dienone is 1.